The highest BCUT2D eigenvalue weighted by Gasteiger charge is 2.59. The smallest absolute Gasteiger partial charge is 0.0101 e. The van der Waals surface area contributed by atoms with E-state index >= 15 is 0 Å². The molecule has 1 heteroatoms. The Hall–Kier alpha value is -0.0400. The van der Waals surface area contributed by atoms with E-state index in [9.17, 15) is 0 Å². The molecule has 2 saturated carbocycles. The SMILES string of the molecule is CC1(C)C2CC[C@@]1(C)C(N)C2. The average molecular weight is 153 g/mol. The maximum Gasteiger partial charge on any atom is 0.0101 e. The number of hydrogen-bond donors (Lipinski definition) is 1. The molecule has 0 aromatic heterocycles. The molecule has 2 rings (SSSR count). The standard InChI is InChI=1S/C10H19N/c1-9(2)7-4-5-10(9,3)8(11)6-7/h7-8H,4-6,11H2,1-3H3/t7?,8?,10-/m0/s1. The van der Waals surface area contributed by atoms with Gasteiger partial charge in [0.05, 0.1) is 0 Å². The summed E-state index contributed by atoms with van der Waals surface area (Å²) in [7, 11) is 0. The fourth-order valence-electron chi connectivity index (χ4n) is 3.27. The van der Waals surface area contributed by atoms with Crippen molar-refractivity contribution in [3.05, 3.63) is 0 Å². The van der Waals surface area contributed by atoms with E-state index in [2.05, 4.69) is 20.8 Å². The highest BCUT2D eigenvalue weighted by atomic mass is 14.8. The van der Waals surface area contributed by atoms with E-state index in [1.54, 1.807) is 0 Å². The molecular weight excluding hydrogens is 134 g/mol. The van der Waals surface area contributed by atoms with Crippen LogP contribution in [-0.4, -0.2) is 6.04 Å². The highest BCUT2D eigenvalue weighted by molar-refractivity contribution is 5.11. The zero-order chi connectivity index (χ0) is 8.28. The Balaban J connectivity index is 2.40. The molecule has 2 aliphatic carbocycles. The van der Waals surface area contributed by atoms with Crippen molar-refractivity contribution in [2.75, 3.05) is 0 Å². The number of nitrogens with two attached hydrogens (primary N) is 1. The van der Waals surface area contributed by atoms with E-state index in [4.69, 9.17) is 5.73 Å². The molecule has 2 bridgehead atoms. The normalized spacial score (nSPS) is 53.5. The van der Waals surface area contributed by atoms with Crippen LogP contribution in [0.5, 0.6) is 0 Å². The van der Waals surface area contributed by atoms with Crippen molar-refractivity contribution in [2.24, 2.45) is 22.5 Å². The molecule has 3 atom stereocenters. The van der Waals surface area contributed by atoms with Gasteiger partial charge < -0.3 is 5.73 Å². The molecule has 64 valence electrons. The van der Waals surface area contributed by atoms with Crippen LogP contribution in [0, 0.1) is 16.7 Å². The van der Waals surface area contributed by atoms with Gasteiger partial charge in [-0.15, -0.1) is 0 Å². The maximum absolute atomic E-state index is 6.13. The molecule has 0 aromatic rings. The summed E-state index contributed by atoms with van der Waals surface area (Å²) in [4.78, 5) is 0. The minimum Gasteiger partial charge on any atom is -0.327 e. The first-order valence-electron chi connectivity index (χ1n) is 4.74. The van der Waals surface area contributed by atoms with E-state index in [0.29, 0.717) is 16.9 Å². The molecule has 0 amide bonds. The molecule has 11 heavy (non-hydrogen) atoms. The molecule has 0 aromatic carbocycles. The Morgan fingerprint density at radius 2 is 1.91 bits per heavy atom. The summed E-state index contributed by atoms with van der Waals surface area (Å²) in [5, 5.41) is 0. The molecule has 0 saturated heterocycles. The second kappa shape index (κ2) is 1.82. The summed E-state index contributed by atoms with van der Waals surface area (Å²) in [5.41, 5.74) is 7.08. The van der Waals surface area contributed by atoms with Gasteiger partial charge in [-0.05, 0) is 36.0 Å². The van der Waals surface area contributed by atoms with Crippen molar-refractivity contribution in [1.82, 2.24) is 0 Å². The van der Waals surface area contributed by atoms with Gasteiger partial charge in [-0.1, -0.05) is 20.8 Å². The first kappa shape index (κ1) is 7.60. The van der Waals surface area contributed by atoms with Crippen LogP contribution in [0.1, 0.15) is 40.0 Å². The predicted octanol–water partition coefficient (Wildman–Crippen LogP) is 2.16. The first-order chi connectivity index (χ1) is 4.98. The van der Waals surface area contributed by atoms with E-state index in [0.717, 1.165) is 5.92 Å². The Morgan fingerprint density at radius 3 is 2.09 bits per heavy atom. The van der Waals surface area contributed by atoms with Gasteiger partial charge in [0.1, 0.15) is 0 Å². The molecule has 1 nitrogen and oxygen atoms in total. The van der Waals surface area contributed by atoms with Gasteiger partial charge in [0.2, 0.25) is 0 Å². The average Bonchev–Trinajstić information content (AvgIpc) is 2.20. The van der Waals surface area contributed by atoms with Crippen molar-refractivity contribution in [1.29, 1.82) is 0 Å². The summed E-state index contributed by atoms with van der Waals surface area (Å²) in [6.07, 6.45) is 4.03. The summed E-state index contributed by atoms with van der Waals surface area (Å²) < 4.78 is 0. The number of fused-ring (bicyclic) bond motifs is 2. The highest BCUT2D eigenvalue weighted by Crippen LogP contribution is 2.64. The lowest BCUT2D eigenvalue weighted by Gasteiger charge is -2.37. The van der Waals surface area contributed by atoms with Crippen LogP contribution in [0.4, 0.5) is 0 Å². The molecule has 2 N–H and O–H groups in total. The van der Waals surface area contributed by atoms with Crippen LogP contribution in [0.15, 0.2) is 0 Å². The molecule has 0 spiro atoms. The van der Waals surface area contributed by atoms with Crippen LogP contribution in [0.2, 0.25) is 0 Å². The minimum absolute atomic E-state index is 0.442. The molecule has 0 aliphatic heterocycles. The maximum atomic E-state index is 6.13. The van der Waals surface area contributed by atoms with Gasteiger partial charge >= 0.3 is 0 Å². The van der Waals surface area contributed by atoms with Crippen molar-refractivity contribution >= 4 is 0 Å². The van der Waals surface area contributed by atoms with Crippen LogP contribution < -0.4 is 5.73 Å². The van der Waals surface area contributed by atoms with Crippen molar-refractivity contribution in [3.8, 4) is 0 Å². The summed E-state index contributed by atoms with van der Waals surface area (Å²) in [5.74, 6) is 0.905. The third-order valence-corrected chi connectivity index (χ3v) is 4.86. The van der Waals surface area contributed by atoms with Crippen molar-refractivity contribution in [3.63, 3.8) is 0 Å². The van der Waals surface area contributed by atoms with E-state index in [1.165, 1.54) is 19.3 Å². The van der Waals surface area contributed by atoms with Crippen molar-refractivity contribution < 1.29 is 0 Å². The van der Waals surface area contributed by atoms with Crippen LogP contribution in [0.25, 0.3) is 0 Å². The van der Waals surface area contributed by atoms with E-state index in [-0.39, 0.29) is 0 Å². The zero-order valence-electron chi connectivity index (χ0n) is 7.85. The topological polar surface area (TPSA) is 26.0 Å². The lowest BCUT2D eigenvalue weighted by molar-refractivity contribution is 0.136. The third kappa shape index (κ3) is 0.658. The molecule has 2 fully saturated rings. The van der Waals surface area contributed by atoms with Gasteiger partial charge in [0.15, 0.2) is 0 Å². The fraction of sp³-hybridized carbons (Fsp3) is 1.00. The fourth-order valence-corrected chi connectivity index (χ4v) is 3.27. The Kier molecular flexibility index (Phi) is 1.26. The second-order valence-corrected chi connectivity index (χ2v) is 5.22. The lowest BCUT2D eigenvalue weighted by Crippen LogP contribution is -2.40. The Labute approximate surface area is 69.4 Å². The summed E-state index contributed by atoms with van der Waals surface area (Å²) in [6, 6.07) is 0.469. The van der Waals surface area contributed by atoms with Gasteiger partial charge in [0, 0.05) is 6.04 Å². The van der Waals surface area contributed by atoms with E-state index < -0.39 is 0 Å². The van der Waals surface area contributed by atoms with Crippen molar-refractivity contribution in [2.45, 2.75) is 46.1 Å². The van der Waals surface area contributed by atoms with Crippen LogP contribution in [-0.2, 0) is 0 Å². The minimum atomic E-state index is 0.442. The number of rotatable bonds is 0. The summed E-state index contributed by atoms with van der Waals surface area (Å²) >= 11 is 0. The van der Waals surface area contributed by atoms with Gasteiger partial charge in [-0.3, -0.25) is 0 Å². The molecule has 0 radical (unpaired) electrons. The Bertz CT molecular complexity index is 185. The molecule has 2 unspecified atom stereocenters. The molecular formula is C10H19N. The summed E-state index contributed by atoms with van der Waals surface area (Å²) in [6.45, 7) is 7.18. The second-order valence-electron chi connectivity index (χ2n) is 5.22. The predicted molar refractivity (Wildman–Crippen MR) is 47.2 cm³/mol. The van der Waals surface area contributed by atoms with E-state index in [1.807, 2.05) is 0 Å². The molecule has 2 aliphatic rings. The quantitative estimate of drug-likeness (QED) is 0.567. The number of hydrogen-bond acceptors (Lipinski definition) is 1. The lowest BCUT2D eigenvalue weighted by atomic mass is 9.69. The largest absolute Gasteiger partial charge is 0.327 e. The van der Waals surface area contributed by atoms with Crippen LogP contribution in [0.3, 0.4) is 0 Å². The third-order valence-electron chi connectivity index (χ3n) is 4.86. The molecule has 0 heterocycles. The van der Waals surface area contributed by atoms with Crippen LogP contribution >= 0.6 is 0 Å². The monoisotopic (exact) mass is 153 g/mol. The van der Waals surface area contributed by atoms with Gasteiger partial charge in [-0.2, -0.15) is 0 Å². The Morgan fingerprint density at radius 1 is 1.27 bits per heavy atom. The van der Waals surface area contributed by atoms with Gasteiger partial charge in [0.25, 0.3) is 0 Å². The van der Waals surface area contributed by atoms with Gasteiger partial charge in [-0.25, -0.2) is 0 Å². The first-order valence-corrected chi connectivity index (χ1v) is 4.74. The zero-order valence-corrected chi connectivity index (χ0v) is 7.85.